The van der Waals surface area contributed by atoms with E-state index in [0.29, 0.717) is 15.6 Å². The van der Waals surface area contributed by atoms with E-state index >= 15 is 0 Å². The molecule has 0 aliphatic carbocycles. The number of carboxylic acid groups (broad SMARTS) is 1. The number of amides is 1. The third-order valence-corrected chi connectivity index (χ3v) is 5.80. The Morgan fingerprint density at radius 1 is 1.40 bits per heavy atom. The fourth-order valence-electron chi connectivity index (χ4n) is 1.54. The summed E-state index contributed by atoms with van der Waals surface area (Å²) >= 11 is 5.82. The minimum atomic E-state index is -0.990. The molecule has 106 valence electrons. The number of halogens is 1. The lowest BCUT2D eigenvalue weighted by Gasteiger charge is -1.99. The van der Waals surface area contributed by atoms with E-state index in [1.54, 1.807) is 13.0 Å². The van der Waals surface area contributed by atoms with Crippen molar-refractivity contribution in [3.05, 3.63) is 35.9 Å². The van der Waals surface area contributed by atoms with Crippen LogP contribution in [0.1, 0.15) is 35.6 Å². The topological polar surface area (TPSA) is 79.3 Å². The summed E-state index contributed by atoms with van der Waals surface area (Å²) in [6, 6.07) is 1.81. The molecule has 0 spiro atoms. The third-order valence-electron chi connectivity index (χ3n) is 2.52. The minimum Gasteiger partial charge on any atom is -0.477 e. The smallest absolute Gasteiger partial charge is 0.347 e. The van der Waals surface area contributed by atoms with Gasteiger partial charge in [0.25, 0.3) is 5.91 Å². The van der Waals surface area contributed by atoms with Crippen molar-refractivity contribution >= 4 is 50.5 Å². The number of thiazole rings is 1. The maximum absolute atomic E-state index is 11.9. The molecule has 0 radical (unpaired) electrons. The van der Waals surface area contributed by atoms with Gasteiger partial charge < -0.3 is 10.4 Å². The number of nitrogens with zero attached hydrogens (tertiary/aromatic N) is 1. The maximum atomic E-state index is 11.9. The molecule has 2 aromatic rings. The first-order valence-corrected chi connectivity index (χ1v) is 8.04. The van der Waals surface area contributed by atoms with Gasteiger partial charge in [0.15, 0.2) is 0 Å². The number of aromatic carboxylic acids is 1. The van der Waals surface area contributed by atoms with E-state index in [9.17, 15) is 9.59 Å². The molecule has 0 unspecified atom stereocenters. The van der Waals surface area contributed by atoms with E-state index in [0.717, 1.165) is 20.7 Å². The zero-order chi connectivity index (χ0) is 14.9. The first-order chi connectivity index (χ1) is 9.38. The molecule has 5 nitrogen and oxygen atoms in total. The molecule has 2 aromatic heterocycles. The normalized spacial score (nSPS) is 10.6. The molecule has 0 aromatic carbocycles. The lowest BCUT2D eigenvalue weighted by atomic mass is 10.3. The number of hydrogen-bond acceptors (Lipinski definition) is 5. The van der Waals surface area contributed by atoms with Crippen molar-refractivity contribution < 1.29 is 14.7 Å². The molecule has 0 aliphatic rings. The number of carbonyl (C=O) groups is 2. The molecule has 0 fully saturated rings. The Labute approximate surface area is 131 Å². The second-order valence-corrected chi connectivity index (χ2v) is 7.53. The number of hydrogen-bond donors (Lipinski definition) is 2. The summed E-state index contributed by atoms with van der Waals surface area (Å²) < 4.78 is 0.931. The highest BCUT2D eigenvalue weighted by Crippen LogP contribution is 2.27. The number of carboxylic acids is 1. The van der Waals surface area contributed by atoms with Crippen LogP contribution >= 0.6 is 38.6 Å². The van der Waals surface area contributed by atoms with Crippen molar-refractivity contribution in [1.29, 1.82) is 0 Å². The molecule has 2 N–H and O–H groups in total. The van der Waals surface area contributed by atoms with Crippen molar-refractivity contribution in [3.63, 3.8) is 0 Å². The first kappa shape index (κ1) is 15.1. The Balaban J connectivity index is 2.03. The van der Waals surface area contributed by atoms with Crippen LogP contribution in [0.3, 0.4) is 0 Å². The average Bonchev–Trinajstić information content (AvgIpc) is 2.91. The van der Waals surface area contributed by atoms with Crippen LogP contribution in [0, 0.1) is 13.8 Å². The number of aromatic nitrogens is 1. The SMILES string of the molecule is Cc1cc(C(=O)NCc2nc(C)c(C(=O)O)s2)sc1Br. The Kier molecular flexibility index (Phi) is 4.56. The van der Waals surface area contributed by atoms with Gasteiger partial charge >= 0.3 is 5.97 Å². The number of thiophene rings is 1. The van der Waals surface area contributed by atoms with Crippen LogP contribution in [0.2, 0.25) is 0 Å². The van der Waals surface area contributed by atoms with E-state index in [-0.39, 0.29) is 17.3 Å². The van der Waals surface area contributed by atoms with Gasteiger partial charge in [-0.05, 0) is 41.4 Å². The number of aryl methyl sites for hydroxylation is 2. The van der Waals surface area contributed by atoms with E-state index in [2.05, 4.69) is 26.2 Å². The van der Waals surface area contributed by atoms with Gasteiger partial charge in [0.05, 0.1) is 20.9 Å². The van der Waals surface area contributed by atoms with Crippen molar-refractivity contribution in [3.8, 4) is 0 Å². The van der Waals surface area contributed by atoms with Crippen molar-refractivity contribution in [1.82, 2.24) is 10.3 Å². The Morgan fingerprint density at radius 3 is 2.60 bits per heavy atom. The van der Waals surface area contributed by atoms with Gasteiger partial charge in [0, 0.05) is 0 Å². The van der Waals surface area contributed by atoms with E-state index in [1.807, 2.05) is 6.92 Å². The maximum Gasteiger partial charge on any atom is 0.347 e. The van der Waals surface area contributed by atoms with Gasteiger partial charge in [-0.2, -0.15) is 0 Å². The largest absolute Gasteiger partial charge is 0.477 e. The standard InChI is InChI=1S/C12H11BrN2O3S2/c1-5-3-7(19-10(5)13)11(16)14-4-8-15-6(2)9(20-8)12(17)18/h3H,4H2,1-2H3,(H,14,16)(H,17,18). The summed E-state index contributed by atoms with van der Waals surface area (Å²) in [4.78, 5) is 27.8. The summed E-state index contributed by atoms with van der Waals surface area (Å²) in [5, 5.41) is 12.3. The van der Waals surface area contributed by atoms with E-state index < -0.39 is 5.97 Å². The van der Waals surface area contributed by atoms with Crippen LogP contribution in [0.4, 0.5) is 0 Å². The quantitative estimate of drug-likeness (QED) is 0.860. The predicted octanol–water partition coefficient (Wildman–Crippen LogP) is 3.21. The summed E-state index contributed by atoms with van der Waals surface area (Å²) in [6.45, 7) is 3.79. The van der Waals surface area contributed by atoms with Crippen LogP contribution in [-0.4, -0.2) is 22.0 Å². The summed E-state index contributed by atoms with van der Waals surface area (Å²) in [5.74, 6) is -1.18. The molecule has 1 amide bonds. The van der Waals surface area contributed by atoms with Crippen LogP contribution in [0.15, 0.2) is 9.85 Å². The fraction of sp³-hybridized carbons (Fsp3) is 0.250. The molecule has 20 heavy (non-hydrogen) atoms. The van der Waals surface area contributed by atoms with Gasteiger partial charge in [0.1, 0.15) is 9.88 Å². The van der Waals surface area contributed by atoms with Crippen molar-refractivity contribution in [2.45, 2.75) is 20.4 Å². The number of nitrogens with one attached hydrogen (secondary N) is 1. The monoisotopic (exact) mass is 374 g/mol. The molecule has 0 saturated carbocycles. The predicted molar refractivity (Wildman–Crippen MR) is 81.7 cm³/mol. The second kappa shape index (κ2) is 6.02. The zero-order valence-corrected chi connectivity index (χ0v) is 13.9. The molecule has 0 saturated heterocycles. The van der Waals surface area contributed by atoms with Crippen LogP contribution in [0.25, 0.3) is 0 Å². The van der Waals surface area contributed by atoms with Crippen molar-refractivity contribution in [2.75, 3.05) is 0 Å². The Bertz CT molecular complexity index is 659. The zero-order valence-electron chi connectivity index (χ0n) is 10.7. The first-order valence-electron chi connectivity index (χ1n) is 5.62. The van der Waals surface area contributed by atoms with Gasteiger partial charge in [-0.1, -0.05) is 0 Å². The minimum absolute atomic E-state index is 0.187. The van der Waals surface area contributed by atoms with Crippen LogP contribution in [-0.2, 0) is 6.54 Å². The summed E-state index contributed by atoms with van der Waals surface area (Å²) in [7, 11) is 0. The van der Waals surface area contributed by atoms with Crippen LogP contribution in [0.5, 0.6) is 0 Å². The Morgan fingerprint density at radius 2 is 2.10 bits per heavy atom. The number of rotatable bonds is 4. The van der Waals surface area contributed by atoms with Crippen molar-refractivity contribution in [2.24, 2.45) is 0 Å². The Hall–Kier alpha value is -1.25. The second-order valence-electron chi connectivity index (χ2n) is 4.08. The highest BCUT2D eigenvalue weighted by atomic mass is 79.9. The molecular formula is C12H11BrN2O3S2. The van der Waals surface area contributed by atoms with Gasteiger partial charge in [-0.15, -0.1) is 22.7 Å². The molecule has 0 aliphatic heterocycles. The van der Waals surface area contributed by atoms with Crippen LogP contribution < -0.4 is 5.32 Å². The molecule has 0 atom stereocenters. The summed E-state index contributed by atoms with van der Waals surface area (Å²) in [5.41, 5.74) is 1.49. The van der Waals surface area contributed by atoms with E-state index in [1.165, 1.54) is 11.3 Å². The lowest BCUT2D eigenvalue weighted by molar-refractivity contribution is 0.0701. The molecule has 8 heteroatoms. The van der Waals surface area contributed by atoms with Gasteiger partial charge in [-0.3, -0.25) is 4.79 Å². The fourth-order valence-corrected chi connectivity index (χ4v) is 3.84. The third kappa shape index (κ3) is 3.25. The summed E-state index contributed by atoms with van der Waals surface area (Å²) in [6.07, 6.45) is 0. The van der Waals surface area contributed by atoms with Gasteiger partial charge in [0.2, 0.25) is 0 Å². The van der Waals surface area contributed by atoms with E-state index in [4.69, 9.17) is 5.11 Å². The highest BCUT2D eigenvalue weighted by molar-refractivity contribution is 9.11. The molecule has 2 rings (SSSR count). The number of carbonyl (C=O) groups excluding carboxylic acids is 1. The van der Waals surface area contributed by atoms with Gasteiger partial charge in [-0.25, -0.2) is 9.78 Å². The highest BCUT2D eigenvalue weighted by Gasteiger charge is 2.15. The lowest BCUT2D eigenvalue weighted by Crippen LogP contribution is -2.21. The molecular weight excluding hydrogens is 364 g/mol. The molecule has 2 heterocycles. The average molecular weight is 375 g/mol. The molecule has 0 bridgehead atoms.